The van der Waals surface area contributed by atoms with Crippen LogP contribution in [0.4, 0.5) is 17.6 Å². The summed E-state index contributed by atoms with van der Waals surface area (Å²) in [7, 11) is 1.10. The second-order valence-corrected chi connectivity index (χ2v) is 6.06. The minimum Gasteiger partial charge on any atom is -0.466 e. The van der Waals surface area contributed by atoms with E-state index in [0.717, 1.165) is 26.2 Å². The van der Waals surface area contributed by atoms with Crippen LogP contribution in [0.3, 0.4) is 0 Å². The monoisotopic (exact) mass is 356 g/mol. The lowest BCUT2D eigenvalue weighted by molar-refractivity contribution is -0.206. The van der Waals surface area contributed by atoms with Crippen molar-refractivity contribution in [1.29, 1.82) is 5.26 Å². The molecule has 0 spiro atoms. The van der Waals surface area contributed by atoms with Gasteiger partial charge in [-0.05, 0) is 25.5 Å². The van der Waals surface area contributed by atoms with Crippen molar-refractivity contribution >= 4 is 5.97 Å². The van der Waals surface area contributed by atoms with E-state index in [1.165, 1.54) is 13.1 Å². The third-order valence-electron chi connectivity index (χ3n) is 4.52. The van der Waals surface area contributed by atoms with Gasteiger partial charge in [0.1, 0.15) is 5.83 Å². The summed E-state index contributed by atoms with van der Waals surface area (Å²) in [6.07, 6.45) is -2.48. The van der Waals surface area contributed by atoms with Crippen molar-refractivity contribution in [3.63, 3.8) is 0 Å². The molecule has 0 fully saturated rings. The fourth-order valence-corrected chi connectivity index (χ4v) is 3.06. The van der Waals surface area contributed by atoms with Crippen molar-refractivity contribution in [1.82, 2.24) is 5.32 Å². The van der Waals surface area contributed by atoms with Crippen LogP contribution < -0.4 is 5.32 Å². The molecule has 0 aromatic rings. The number of nitrogens with one attached hydrogen (secondary N) is 1. The van der Waals surface area contributed by atoms with E-state index < -0.39 is 35.7 Å². The fourth-order valence-electron chi connectivity index (χ4n) is 3.06. The highest BCUT2D eigenvalue weighted by molar-refractivity contribution is 5.92. The Morgan fingerprint density at radius 2 is 2.08 bits per heavy atom. The number of carbonyl (C=O) groups excluding carboxylic acids is 1. The molecule has 4 nitrogen and oxygen atoms in total. The number of nitrogens with zero attached hydrogens (tertiary/aromatic N) is 1. The van der Waals surface area contributed by atoms with E-state index >= 15 is 0 Å². The highest BCUT2D eigenvalue weighted by Gasteiger charge is 2.57. The minimum absolute atomic E-state index is 0.0802. The quantitative estimate of drug-likeness (QED) is 0.604. The number of rotatable bonds is 2. The summed E-state index contributed by atoms with van der Waals surface area (Å²) in [6, 6.07) is 1.82. The number of allylic oxidation sites excluding steroid dienone is 6. The zero-order valence-corrected chi connectivity index (χ0v) is 13.8. The number of nitriles is 1. The van der Waals surface area contributed by atoms with Gasteiger partial charge in [0.15, 0.2) is 0 Å². The van der Waals surface area contributed by atoms with Crippen LogP contribution in [0.15, 0.2) is 46.6 Å². The molecule has 2 rings (SSSR count). The number of alkyl halides is 3. The maximum Gasteiger partial charge on any atom is 0.398 e. The molecule has 0 aromatic carbocycles. The third kappa shape index (κ3) is 3.06. The summed E-state index contributed by atoms with van der Waals surface area (Å²) in [5.41, 5.74) is -2.72. The van der Waals surface area contributed by atoms with Gasteiger partial charge in [0, 0.05) is 18.3 Å². The Hall–Kier alpha value is -2.56. The van der Waals surface area contributed by atoms with Gasteiger partial charge < -0.3 is 10.1 Å². The van der Waals surface area contributed by atoms with E-state index in [9.17, 15) is 27.6 Å². The summed E-state index contributed by atoms with van der Waals surface area (Å²) in [6.45, 7) is 2.36. The molecule has 1 N–H and O–H groups in total. The van der Waals surface area contributed by atoms with E-state index in [2.05, 4.69) is 10.1 Å². The average molecular weight is 356 g/mol. The lowest BCUT2D eigenvalue weighted by Crippen LogP contribution is -2.43. The van der Waals surface area contributed by atoms with Crippen LogP contribution in [0.5, 0.6) is 0 Å². The first kappa shape index (κ1) is 18.8. The van der Waals surface area contributed by atoms with Crippen LogP contribution >= 0.6 is 0 Å². The Balaban J connectivity index is 2.72. The molecule has 0 amide bonds. The Labute approximate surface area is 142 Å². The summed E-state index contributed by atoms with van der Waals surface area (Å²) in [5.74, 6) is -3.04. The van der Waals surface area contributed by atoms with E-state index in [1.807, 2.05) is 6.07 Å². The van der Waals surface area contributed by atoms with Crippen molar-refractivity contribution in [3.8, 4) is 6.07 Å². The predicted octanol–water partition coefficient (Wildman–Crippen LogP) is 3.81. The molecule has 134 valence electrons. The third-order valence-corrected chi connectivity index (χ3v) is 4.52. The Morgan fingerprint density at radius 1 is 1.44 bits per heavy atom. The number of ether oxygens (including phenoxy) is 1. The van der Waals surface area contributed by atoms with Crippen molar-refractivity contribution in [2.45, 2.75) is 26.4 Å². The first-order valence-electron chi connectivity index (χ1n) is 7.36. The number of hydrogen-bond acceptors (Lipinski definition) is 4. The zero-order chi connectivity index (χ0) is 19.0. The highest BCUT2D eigenvalue weighted by Crippen LogP contribution is 2.55. The molecule has 1 aliphatic heterocycles. The van der Waals surface area contributed by atoms with Gasteiger partial charge in [-0.3, -0.25) is 0 Å². The SMILES string of the molecule is COC(=O)C1=C(C)NC=C(C#N)C1C1=CC=C(F)CC1(C)C(F)(F)F. The van der Waals surface area contributed by atoms with Crippen LogP contribution in [0.1, 0.15) is 20.3 Å². The van der Waals surface area contributed by atoms with E-state index in [1.54, 1.807) is 0 Å². The molecule has 0 saturated carbocycles. The number of halogens is 4. The summed E-state index contributed by atoms with van der Waals surface area (Å²) >= 11 is 0. The van der Waals surface area contributed by atoms with Gasteiger partial charge in [-0.25, -0.2) is 9.18 Å². The molecule has 1 heterocycles. The Kier molecular flexibility index (Phi) is 4.80. The largest absolute Gasteiger partial charge is 0.466 e. The number of dihydropyridines is 1. The molecule has 8 heteroatoms. The molecule has 0 radical (unpaired) electrons. The smallest absolute Gasteiger partial charge is 0.398 e. The van der Waals surface area contributed by atoms with Gasteiger partial charge in [0.2, 0.25) is 0 Å². The molecule has 2 atom stereocenters. The second kappa shape index (κ2) is 6.39. The van der Waals surface area contributed by atoms with Crippen LogP contribution in [-0.4, -0.2) is 19.3 Å². The second-order valence-electron chi connectivity index (χ2n) is 6.06. The summed E-state index contributed by atoms with van der Waals surface area (Å²) in [4.78, 5) is 12.2. The van der Waals surface area contributed by atoms with Gasteiger partial charge in [0.05, 0.1) is 35.7 Å². The molecule has 1 aliphatic carbocycles. The Morgan fingerprint density at radius 3 is 2.60 bits per heavy atom. The molecular formula is C17H16F4N2O2. The van der Waals surface area contributed by atoms with Gasteiger partial charge in [-0.1, -0.05) is 6.08 Å². The maximum atomic E-state index is 13.8. The molecular weight excluding hydrogens is 340 g/mol. The van der Waals surface area contributed by atoms with Gasteiger partial charge in [-0.15, -0.1) is 0 Å². The molecule has 2 unspecified atom stereocenters. The van der Waals surface area contributed by atoms with Gasteiger partial charge >= 0.3 is 12.1 Å². The van der Waals surface area contributed by atoms with Crippen LogP contribution in [0, 0.1) is 22.7 Å². The topological polar surface area (TPSA) is 62.1 Å². The number of esters is 1. The van der Waals surface area contributed by atoms with Crippen LogP contribution in [-0.2, 0) is 9.53 Å². The fraction of sp³-hybridized carbons (Fsp3) is 0.412. The van der Waals surface area contributed by atoms with Gasteiger partial charge in [-0.2, -0.15) is 18.4 Å². The van der Waals surface area contributed by atoms with Crippen molar-refractivity contribution in [2.24, 2.45) is 11.3 Å². The van der Waals surface area contributed by atoms with E-state index in [0.29, 0.717) is 0 Å². The maximum absolute atomic E-state index is 13.8. The molecule has 25 heavy (non-hydrogen) atoms. The predicted molar refractivity (Wildman–Crippen MR) is 81.1 cm³/mol. The van der Waals surface area contributed by atoms with Crippen molar-refractivity contribution in [3.05, 3.63) is 46.6 Å². The van der Waals surface area contributed by atoms with Gasteiger partial charge in [0.25, 0.3) is 0 Å². The first-order valence-corrected chi connectivity index (χ1v) is 7.36. The molecule has 0 aromatic heterocycles. The summed E-state index contributed by atoms with van der Waals surface area (Å²) < 4.78 is 59.6. The average Bonchev–Trinajstić information content (AvgIpc) is 2.53. The molecule has 0 saturated heterocycles. The minimum atomic E-state index is -4.77. The van der Waals surface area contributed by atoms with E-state index in [-0.39, 0.29) is 22.4 Å². The van der Waals surface area contributed by atoms with Crippen LogP contribution in [0.2, 0.25) is 0 Å². The normalized spacial score (nSPS) is 26.8. The summed E-state index contributed by atoms with van der Waals surface area (Å²) in [5, 5.41) is 12.0. The first-order chi connectivity index (χ1) is 11.6. The zero-order valence-electron chi connectivity index (χ0n) is 13.8. The lowest BCUT2D eigenvalue weighted by atomic mass is 9.66. The van der Waals surface area contributed by atoms with Crippen LogP contribution in [0.25, 0.3) is 0 Å². The number of hydrogen-bond donors (Lipinski definition) is 1. The number of methoxy groups -OCH3 is 1. The highest BCUT2D eigenvalue weighted by atomic mass is 19.4. The standard InChI is InChI=1S/C17H16F4N2O2/c1-9-13(15(24)25-3)14(10(7-22)8-23-9)12-5-4-11(18)6-16(12,2)17(19,20)21/h4-5,8,14,23H,6H2,1-3H3. The molecule has 2 aliphatic rings. The Bertz CT molecular complexity index is 768. The van der Waals surface area contributed by atoms with Crippen molar-refractivity contribution < 1.29 is 27.1 Å². The number of carbonyl (C=O) groups is 1. The van der Waals surface area contributed by atoms with Crippen molar-refractivity contribution in [2.75, 3.05) is 7.11 Å². The van der Waals surface area contributed by atoms with E-state index in [4.69, 9.17) is 0 Å². The molecule has 0 bridgehead atoms. The lowest BCUT2D eigenvalue weighted by Gasteiger charge is -2.40.